The summed E-state index contributed by atoms with van der Waals surface area (Å²) in [4.78, 5) is 10.5. The average Bonchev–Trinajstić information content (AvgIpc) is 3.24. The second-order valence-corrected chi connectivity index (χ2v) is 8.26. The van der Waals surface area contributed by atoms with Crippen LogP contribution in [0.25, 0.3) is 0 Å². The summed E-state index contributed by atoms with van der Waals surface area (Å²) in [6.07, 6.45) is 2.51. The molecule has 0 radical (unpaired) electrons. The van der Waals surface area contributed by atoms with Crippen LogP contribution in [0, 0.1) is 5.82 Å². The van der Waals surface area contributed by atoms with Crippen molar-refractivity contribution >= 4 is 35.8 Å². The fourth-order valence-electron chi connectivity index (χ4n) is 3.73. The van der Waals surface area contributed by atoms with Crippen molar-refractivity contribution in [2.24, 2.45) is 4.99 Å². The lowest BCUT2D eigenvalue weighted by Crippen LogP contribution is -2.48. The fraction of sp³-hybridized carbons (Fsp3) is 0.478. The number of nitrogens with one attached hydrogen (secondary N) is 2. The summed E-state index contributed by atoms with van der Waals surface area (Å²) in [6.45, 7) is 6.42. The van der Waals surface area contributed by atoms with Gasteiger partial charge in [0.2, 0.25) is 0 Å². The van der Waals surface area contributed by atoms with Gasteiger partial charge in [-0.2, -0.15) is 0 Å². The number of rotatable bonds is 7. The van der Waals surface area contributed by atoms with Crippen molar-refractivity contribution < 1.29 is 13.9 Å². The minimum absolute atomic E-state index is 0. The van der Waals surface area contributed by atoms with Gasteiger partial charge in [-0.15, -0.1) is 24.0 Å². The molecule has 1 atom stereocenters. The molecule has 2 aromatic rings. The molecule has 0 bridgehead atoms. The maximum absolute atomic E-state index is 14.0. The Morgan fingerprint density at radius 2 is 2.00 bits per heavy atom. The summed E-state index contributed by atoms with van der Waals surface area (Å²) in [5.74, 6) is 2.26. The van der Waals surface area contributed by atoms with E-state index in [0.29, 0.717) is 30.4 Å². The number of aliphatic imine (C=N–C) groups is 1. The number of pyridine rings is 1. The normalized spacial score (nSPS) is 16.4. The lowest BCUT2D eigenvalue weighted by atomic mass is 9.84. The molecule has 1 aliphatic rings. The van der Waals surface area contributed by atoms with Crippen LogP contribution in [-0.4, -0.2) is 57.9 Å². The highest BCUT2D eigenvalue weighted by Gasteiger charge is 2.27. The van der Waals surface area contributed by atoms with Gasteiger partial charge in [0.25, 0.3) is 0 Å². The number of methoxy groups -OCH3 is 2. The maximum Gasteiger partial charge on any atom is 0.191 e. The Balaban J connectivity index is 0.00000363. The van der Waals surface area contributed by atoms with Crippen molar-refractivity contribution in [1.82, 2.24) is 15.6 Å². The Bertz CT molecular complexity index is 925. The predicted octanol–water partition coefficient (Wildman–Crippen LogP) is 3.58. The number of ether oxygens (including phenoxy) is 2. The molecule has 2 N–H and O–H groups in total. The van der Waals surface area contributed by atoms with E-state index in [1.54, 1.807) is 33.5 Å². The van der Waals surface area contributed by atoms with Crippen LogP contribution in [0.4, 0.5) is 10.2 Å². The molecule has 3 rings (SSSR count). The smallest absolute Gasteiger partial charge is 0.191 e. The van der Waals surface area contributed by atoms with Crippen LogP contribution in [0.15, 0.2) is 41.5 Å². The molecule has 0 spiro atoms. The largest absolute Gasteiger partial charge is 0.493 e. The van der Waals surface area contributed by atoms with E-state index < -0.39 is 0 Å². The molecule has 32 heavy (non-hydrogen) atoms. The van der Waals surface area contributed by atoms with Gasteiger partial charge >= 0.3 is 0 Å². The third kappa shape index (κ3) is 6.14. The first-order valence-electron chi connectivity index (χ1n) is 10.4. The van der Waals surface area contributed by atoms with Gasteiger partial charge in [-0.1, -0.05) is 19.9 Å². The molecule has 0 saturated carbocycles. The molecule has 1 aromatic heterocycles. The lowest BCUT2D eigenvalue weighted by Gasteiger charge is -2.28. The third-order valence-corrected chi connectivity index (χ3v) is 5.65. The van der Waals surface area contributed by atoms with Crippen molar-refractivity contribution in [3.05, 3.63) is 47.9 Å². The number of halogens is 2. The molecule has 1 saturated heterocycles. The van der Waals surface area contributed by atoms with Crippen LogP contribution in [0.2, 0.25) is 0 Å². The lowest BCUT2D eigenvalue weighted by molar-refractivity contribution is 0.353. The third-order valence-electron chi connectivity index (χ3n) is 5.65. The molecular formula is C23H33FIN5O2. The molecule has 1 aromatic carbocycles. The minimum Gasteiger partial charge on any atom is -0.493 e. The van der Waals surface area contributed by atoms with Crippen LogP contribution in [0.1, 0.15) is 25.8 Å². The summed E-state index contributed by atoms with van der Waals surface area (Å²) in [6, 6.07) is 9.20. The summed E-state index contributed by atoms with van der Waals surface area (Å²) in [7, 11) is 5.02. The number of hydrogen-bond donors (Lipinski definition) is 2. The number of aromatic nitrogens is 1. The van der Waals surface area contributed by atoms with Crippen molar-refractivity contribution in [3.8, 4) is 11.5 Å². The Morgan fingerprint density at radius 1 is 1.25 bits per heavy atom. The quantitative estimate of drug-likeness (QED) is 0.308. The van der Waals surface area contributed by atoms with Crippen molar-refractivity contribution in [1.29, 1.82) is 0 Å². The van der Waals surface area contributed by atoms with Crippen LogP contribution in [0.3, 0.4) is 0 Å². The summed E-state index contributed by atoms with van der Waals surface area (Å²) in [5, 5.41) is 6.88. The summed E-state index contributed by atoms with van der Waals surface area (Å²) < 4.78 is 24.8. The maximum atomic E-state index is 14.0. The van der Waals surface area contributed by atoms with E-state index in [9.17, 15) is 4.39 Å². The van der Waals surface area contributed by atoms with Gasteiger partial charge in [0.1, 0.15) is 0 Å². The van der Waals surface area contributed by atoms with Gasteiger partial charge in [0.05, 0.1) is 14.2 Å². The Morgan fingerprint density at radius 3 is 2.66 bits per heavy atom. The van der Waals surface area contributed by atoms with Crippen molar-refractivity contribution in [3.63, 3.8) is 0 Å². The zero-order chi connectivity index (χ0) is 22.4. The van der Waals surface area contributed by atoms with Gasteiger partial charge < -0.3 is 25.0 Å². The predicted molar refractivity (Wildman–Crippen MR) is 137 cm³/mol. The van der Waals surface area contributed by atoms with Gasteiger partial charge in [-0.3, -0.25) is 4.99 Å². The van der Waals surface area contributed by atoms with E-state index >= 15 is 0 Å². The highest BCUT2D eigenvalue weighted by atomic mass is 127. The Kier molecular flexibility index (Phi) is 9.35. The first-order chi connectivity index (χ1) is 14.9. The highest BCUT2D eigenvalue weighted by Crippen LogP contribution is 2.33. The Hall–Kier alpha value is -2.30. The van der Waals surface area contributed by atoms with E-state index in [-0.39, 0.29) is 41.3 Å². The van der Waals surface area contributed by atoms with Crippen LogP contribution < -0.4 is 25.0 Å². The van der Waals surface area contributed by atoms with E-state index in [1.165, 1.54) is 6.07 Å². The van der Waals surface area contributed by atoms with Gasteiger partial charge in [-0.05, 0) is 36.2 Å². The van der Waals surface area contributed by atoms with Crippen LogP contribution in [-0.2, 0) is 5.41 Å². The first kappa shape index (κ1) is 26.0. The molecule has 0 aliphatic carbocycles. The SMILES string of the molecule is CN=C(NCC(C)(C)c1ccc(OC)c(OC)c1)NC1CCN(c2ncccc2F)C1.I. The molecule has 1 aliphatic heterocycles. The Labute approximate surface area is 206 Å². The summed E-state index contributed by atoms with van der Waals surface area (Å²) >= 11 is 0. The number of guanidine groups is 1. The van der Waals surface area contributed by atoms with Gasteiger partial charge in [0, 0.05) is 44.3 Å². The zero-order valence-corrected chi connectivity index (χ0v) is 21.6. The topological polar surface area (TPSA) is 71.0 Å². The number of nitrogens with zero attached hydrogens (tertiary/aromatic N) is 3. The molecular weight excluding hydrogens is 524 g/mol. The second kappa shape index (κ2) is 11.5. The van der Waals surface area contributed by atoms with Crippen molar-refractivity contribution in [2.45, 2.75) is 31.7 Å². The van der Waals surface area contributed by atoms with Gasteiger partial charge in [0.15, 0.2) is 29.1 Å². The average molecular weight is 557 g/mol. The highest BCUT2D eigenvalue weighted by molar-refractivity contribution is 14.0. The fourth-order valence-corrected chi connectivity index (χ4v) is 3.73. The van der Waals surface area contributed by atoms with Gasteiger partial charge in [-0.25, -0.2) is 9.37 Å². The molecule has 1 fully saturated rings. The zero-order valence-electron chi connectivity index (χ0n) is 19.3. The first-order valence-corrected chi connectivity index (χ1v) is 10.4. The minimum atomic E-state index is -0.290. The molecule has 2 heterocycles. The van der Waals surface area contributed by atoms with E-state index in [2.05, 4.69) is 40.5 Å². The molecule has 7 nitrogen and oxygen atoms in total. The molecule has 0 amide bonds. The standard InChI is InChI=1S/C23H32FN5O2.HI/c1-23(2,16-8-9-19(30-4)20(13-16)31-5)15-27-22(25-3)28-17-10-12-29(14-17)21-18(24)7-6-11-26-21;/h6-9,11,13,17H,10,12,14-15H2,1-5H3,(H2,25,27,28);1H. The number of hydrogen-bond acceptors (Lipinski definition) is 5. The number of anilines is 1. The van der Waals surface area contributed by atoms with Crippen LogP contribution in [0.5, 0.6) is 11.5 Å². The summed E-state index contributed by atoms with van der Waals surface area (Å²) in [5.41, 5.74) is 0.960. The van der Waals surface area contributed by atoms with Crippen molar-refractivity contribution in [2.75, 3.05) is 45.8 Å². The van der Waals surface area contributed by atoms with E-state index in [1.807, 2.05) is 17.0 Å². The molecule has 1 unspecified atom stereocenters. The monoisotopic (exact) mass is 557 g/mol. The van der Waals surface area contributed by atoms with E-state index in [4.69, 9.17) is 9.47 Å². The number of benzene rings is 1. The molecule has 9 heteroatoms. The van der Waals surface area contributed by atoms with E-state index in [0.717, 1.165) is 24.5 Å². The van der Waals surface area contributed by atoms with Crippen LogP contribution >= 0.6 is 24.0 Å². The second-order valence-electron chi connectivity index (χ2n) is 8.26. The molecule has 176 valence electrons.